The maximum absolute atomic E-state index is 9.69. The van der Waals surface area contributed by atoms with Crippen LogP contribution in [0.5, 0.6) is 5.75 Å². The normalized spacial score (nSPS) is 10.8. The van der Waals surface area contributed by atoms with Crippen LogP contribution in [0.4, 0.5) is 0 Å². The molecule has 0 unspecified atom stereocenters. The smallest absolute Gasteiger partial charge is 0.150 e. The van der Waals surface area contributed by atoms with Crippen molar-refractivity contribution < 1.29 is 5.11 Å². The monoisotopic (exact) mass is 197 g/mol. The number of thiophene rings is 1. The predicted octanol–water partition coefficient (Wildman–Crippen LogP) is 2.72. The number of hydrogen-bond acceptors (Lipinski definition) is 4. The van der Waals surface area contributed by atoms with E-state index in [-0.39, 0.29) is 0 Å². The minimum Gasteiger partial charge on any atom is -0.505 e. The third-order valence-corrected chi connectivity index (χ3v) is 3.28. The van der Waals surface area contributed by atoms with Crippen LogP contribution in [0.25, 0.3) is 10.2 Å². The molecule has 2 nitrogen and oxygen atoms in total. The average molecular weight is 197 g/mol. The Balaban J connectivity index is 2.78. The number of aromatic hydroxyl groups is 1. The lowest BCUT2D eigenvalue weighted by molar-refractivity contribution is 0.469. The Hall–Kier alpha value is -0.740. The van der Waals surface area contributed by atoms with Gasteiger partial charge >= 0.3 is 0 Å². The fourth-order valence-corrected chi connectivity index (χ4v) is 2.35. The molecule has 2 heterocycles. The fraction of sp³-hybridized carbons (Fsp3) is 0.125. The molecule has 0 spiro atoms. The Kier molecular flexibility index (Phi) is 1.94. The van der Waals surface area contributed by atoms with Crippen LogP contribution >= 0.6 is 23.1 Å². The van der Waals surface area contributed by atoms with E-state index in [2.05, 4.69) is 4.98 Å². The molecule has 0 aliphatic rings. The summed E-state index contributed by atoms with van der Waals surface area (Å²) in [5.74, 6) is 0.363. The van der Waals surface area contributed by atoms with Gasteiger partial charge in [-0.05, 0) is 17.7 Å². The summed E-state index contributed by atoms with van der Waals surface area (Å²) < 4.78 is 0.877. The quantitative estimate of drug-likeness (QED) is 0.713. The molecule has 62 valence electrons. The first kappa shape index (κ1) is 7.89. The van der Waals surface area contributed by atoms with Gasteiger partial charge in [0.25, 0.3) is 0 Å². The topological polar surface area (TPSA) is 33.1 Å². The first-order chi connectivity index (χ1) is 5.83. The van der Waals surface area contributed by atoms with E-state index < -0.39 is 0 Å². The van der Waals surface area contributed by atoms with E-state index in [4.69, 9.17) is 0 Å². The van der Waals surface area contributed by atoms with Crippen molar-refractivity contribution in [1.29, 1.82) is 0 Å². The van der Waals surface area contributed by atoms with Crippen LogP contribution in [0.1, 0.15) is 0 Å². The fourth-order valence-electron chi connectivity index (χ4n) is 1.03. The van der Waals surface area contributed by atoms with Crippen molar-refractivity contribution in [1.82, 2.24) is 4.98 Å². The molecule has 1 N–H and O–H groups in total. The summed E-state index contributed by atoms with van der Waals surface area (Å²) in [5.41, 5.74) is 0.871. The van der Waals surface area contributed by atoms with Gasteiger partial charge in [0.15, 0.2) is 0 Å². The van der Waals surface area contributed by atoms with Crippen LogP contribution in [-0.4, -0.2) is 16.3 Å². The largest absolute Gasteiger partial charge is 0.505 e. The van der Waals surface area contributed by atoms with E-state index in [1.807, 2.05) is 17.7 Å². The van der Waals surface area contributed by atoms with E-state index in [9.17, 15) is 5.11 Å². The van der Waals surface area contributed by atoms with E-state index in [0.29, 0.717) is 5.75 Å². The number of thioether (sulfide) groups is 1. The van der Waals surface area contributed by atoms with Crippen LogP contribution in [0.3, 0.4) is 0 Å². The van der Waals surface area contributed by atoms with Crippen molar-refractivity contribution >= 4 is 33.3 Å². The van der Waals surface area contributed by atoms with Gasteiger partial charge in [-0.2, -0.15) is 0 Å². The molecule has 0 atom stereocenters. The van der Waals surface area contributed by atoms with Crippen LogP contribution in [-0.2, 0) is 0 Å². The van der Waals surface area contributed by atoms with Crippen molar-refractivity contribution in [2.75, 3.05) is 6.26 Å². The zero-order valence-electron chi connectivity index (χ0n) is 6.44. The maximum Gasteiger partial charge on any atom is 0.150 e. The summed E-state index contributed by atoms with van der Waals surface area (Å²) in [5, 5.41) is 11.6. The van der Waals surface area contributed by atoms with E-state index >= 15 is 0 Å². The van der Waals surface area contributed by atoms with E-state index in [0.717, 1.165) is 15.1 Å². The molecule has 2 rings (SSSR count). The van der Waals surface area contributed by atoms with Gasteiger partial charge in [-0.25, -0.2) is 0 Å². The van der Waals surface area contributed by atoms with Gasteiger partial charge in [-0.15, -0.1) is 23.1 Å². The lowest BCUT2D eigenvalue weighted by Crippen LogP contribution is -1.76. The second kappa shape index (κ2) is 2.95. The molecule has 0 amide bonds. The second-order valence-corrected chi connectivity index (χ2v) is 4.07. The summed E-state index contributed by atoms with van der Waals surface area (Å²) in [6, 6.07) is 1.91. The lowest BCUT2D eigenvalue weighted by Gasteiger charge is -1.99. The molecule has 0 fully saturated rings. The molecule has 0 aliphatic heterocycles. The van der Waals surface area contributed by atoms with Gasteiger partial charge < -0.3 is 5.11 Å². The summed E-state index contributed by atoms with van der Waals surface area (Å²) in [6.07, 6.45) is 3.63. The van der Waals surface area contributed by atoms with Crippen LogP contribution in [0, 0.1) is 0 Å². The van der Waals surface area contributed by atoms with Gasteiger partial charge in [0.1, 0.15) is 5.75 Å². The molecule has 0 aliphatic carbocycles. The first-order valence-electron chi connectivity index (χ1n) is 3.42. The van der Waals surface area contributed by atoms with E-state index in [1.54, 1.807) is 6.20 Å². The summed E-state index contributed by atoms with van der Waals surface area (Å²) >= 11 is 3.03. The molecular weight excluding hydrogens is 190 g/mol. The average Bonchev–Trinajstić information content (AvgIpc) is 2.53. The second-order valence-electron chi connectivity index (χ2n) is 2.31. The maximum atomic E-state index is 9.69. The van der Waals surface area contributed by atoms with Crippen molar-refractivity contribution in [2.45, 2.75) is 4.90 Å². The summed E-state index contributed by atoms with van der Waals surface area (Å²) in [6.45, 7) is 0. The molecule has 0 saturated heterocycles. The third kappa shape index (κ3) is 1.07. The molecule has 12 heavy (non-hydrogen) atoms. The molecule has 2 aromatic rings. The Morgan fingerprint density at radius 2 is 2.42 bits per heavy atom. The van der Waals surface area contributed by atoms with Crippen molar-refractivity contribution in [3.8, 4) is 5.75 Å². The highest BCUT2D eigenvalue weighted by Gasteiger charge is 2.06. The van der Waals surface area contributed by atoms with Gasteiger partial charge in [0.05, 0.1) is 15.1 Å². The van der Waals surface area contributed by atoms with E-state index in [1.165, 1.54) is 23.1 Å². The van der Waals surface area contributed by atoms with Crippen LogP contribution < -0.4 is 0 Å². The third-order valence-electron chi connectivity index (χ3n) is 1.63. The SMILES string of the molecule is CSc1cnc2ccsc2c1O. The molecule has 0 aromatic carbocycles. The number of rotatable bonds is 1. The number of nitrogens with zero attached hydrogens (tertiary/aromatic N) is 1. The Labute approximate surface area is 78.3 Å². The minimum atomic E-state index is 0.363. The van der Waals surface area contributed by atoms with Gasteiger partial charge in [0, 0.05) is 6.20 Å². The minimum absolute atomic E-state index is 0.363. The molecular formula is C8H7NOS2. The lowest BCUT2D eigenvalue weighted by atomic mass is 10.4. The predicted molar refractivity (Wildman–Crippen MR) is 53.1 cm³/mol. The molecule has 0 bridgehead atoms. The molecule has 0 radical (unpaired) electrons. The Morgan fingerprint density at radius 3 is 3.17 bits per heavy atom. The Morgan fingerprint density at radius 1 is 1.58 bits per heavy atom. The van der Waals surface area contributed by atoms with Crippen molar-refractivity contribution in [2.24, 2.45) is 0 Å². The number of aromatic nitrogens is 1. The molecule has 2 aromatic heterocycles. The van der Waals surface area contributed by atoms with Gasteiger partial charge in [-0.3, -0.25) is 4.98 Å². The zero-order valence-corrected chi connectivity index (χ0v) is 8.08. The highest BCUT2D eigenvalue weighted by atomic mass is 32.2. The number of pyridine rings is 1. The Bertz CT molecular complexity index is 410. The molecule has 4 heteroatoms. The van der Waals surface area contributed by atoms with Crippen LogP contribution in [0.2, 0.25) is 0 Å². The zero-order chi connectivity index (χ0) is 8.55. The highest BCUT2D eigenvalue weighted by Crippen LogP contribution is 2.35. The first-order valence-corrected chi connectivity index (χ1v) is 5.52. The molecule has 0 saturated carbocycles. The van der Waals surface area contributed by atoms with Crippen molar-refractivity contribution in [3.63, 3.8) is 0 Å². The standard InChI is InChI=1S/C8H7NOS2/c1-11-6-4-9-5-2-3-12-8(5)7(6)10/h2-4H,1H3,(H,9,10). The van der Waals surface area contributed by atoms with Gasteiger partial charge in [-0.1, -0.05) is 0 Å². The summed E-state index contributed by atoms with van der Waals surface area (Å²) in [4.78, 5) is 5.04. The number of fused-ring (bicyclic) bond motifs is 1. The highest BCUT2D eigenvalue weighted by molar-refractivity contribution is 7.98. The number of hydrogen-bond donors (Lipinski definition) is 1. The van der Waals surface area contributed by atoms with Gasteiger partial charge in [0.2, 0.25) is 0 Å². The summed E-state index contributed by atoms with van der Waals surface area (Å²) in [7, 11) is 0. The van der Waals surface area contributed by atoms with Crippen LogP contribution in [0.15, 0.2) is 22.5 Å². The van der Waals surface area contributed by atoms with Crippen molar-refractivity contribution in [3.05, 3.63) is 17.6 Å².